The topological polar surface area (TPSA) is 73.9 Å². The minimum absolute atomic E-state index is 0.0391. The molecule has 0 aliphatic carbocycles. The Hall–Kier alpha value is -1.34. The second-order valence-corrected chi connectivity index (χ2v) is 5.49. The Balaban J connectivity index is 1.56. The average molecular weight is 268 g/mol. The van der Waals surface area contributed by atoms with E-state index >= 15 is 0 Å². The number of hydrogen-bond donors (Lipinski definition) is 2. The van der Waals surface area contributed by atoms with E-state index in [1.54, 1.807) is 16.8 Å². The SMILES string of the molecule is CN1C(=O)N2C[C@H]1CC[C@H]2C(=O)NO[C@H]1CCNC1. The van der Waals surface area contributed by atoms with Gasteiger partial charge in [-0.3, -0.25) is 9.63 Å². The maximum atomic E-state index is 12.1. The molecule has 0 saturated carbocycles. The van der Waals surface area contributed by atoms with Crippen LogP contribution in [0.3, 0.4) is 0 Å². The minimum Gasteiger partial charge on any atom is -0.323 e. The predicted molar refractivity (Wildman–Crippen MR) is 67.2 cm³/mol. The molecule has 0 aromatic heterocycles. The summed E-state index contributed by atoms with van der Waals surface area (Å²) in [7, 11) is 1.80. The highest BCUT2D eigenvalue weighted by Gasteiger charge is 2.45. The zero-order valence-corrected chi connectivity index (χ0v) is 11.1. The number of carbonyl (C=O) groups excluding carboxylic acids is 2. The Morgan fingerprint density at radius 3 is 3.00 bits per heavy atom. The lowest BCUT2D eigenvalue weighted by molar-refractivity contribution is -0.142. The van der Waals surface area contributed by atoms with Crippen molar-refractivity contribution >= 4 is 11.9 Å². The first-order valence-electron chi connectivity index (χ1n) is 6.86. The number of carbonyl (C=O) groups is 2. The molecular weight excluding hydrogens is 248 g/mol. The number of amides is 3. The number of hydrogen-bond acceptors (Lipinski definition) is 4. The molecule has 3 atom stereocenters. The molecule has 3 rings (SSSR count). The molecule has 2 bridgehead atoms. The summed E-state index contributed by atoms with van der Waals surface area (Å²) in [5.74, 6) is -0.200. The molecule has 3 fully saturated rings. The van der Waals surface area contributed by atoms with Gasteiger partial charge in [0.15, 0.2) is 0 Å². The van der Waals surface area contributed by atoms with Crippen LogP contribution in [0.15, 0.2) is 0 Å². The number of piperidine rings is 1. The summed E-state index contributed by atoms with van der Waals surface area (Å²) in [5.41, 5.74) is 2.52. The maximum Gasteiger partial charge on any atom is 0.320 e. The summed E-state index contributed by atoms with van der Waals surface area (Å²) in [6.07, 6.45) is 2.52. The monoisotopic (exact) mass is 268 g/mol. The van der Waals surface area contributed by atoms with Gasteiger partial charge >= 0.3 is 6.03 Å². The van der Waals surface area contributed by atoms with Crippen LogP contribution in [-0.2, 0) is 9.63 Å². The third-order valence-electron chi connectivity index (χ3n) is 4.30. The number of nitrogens with one attached hydrogen (secondary N) is 2. The molecule has 0 aromatic carbocycles. The molecule has 0 aromatic rings. The van der Waals surface area contributed by atoms with E-state index in [9.17, 15) is 9.59 Å². The summed E-state index contributed by atoms with van der Waals surface area (Å²) < 4.78 is 0. The highest BCUT2D eigenvalue weighted by atomic mass is 16.7. The van der Waals surface area contributed by atoms with Crippen molar-refractivity contribution in [3.05, 3.63) is 0 Å². The van der Waals surface area contributed by atoms with E-state index in [2.05, 4.69) is 10.8 Å². The highest BCUT2D eigenvalue weighted by molar-refractivity contribution is 5.88. The van der Waals surface area contributed by atoms with Crippen LogP contribution in [0.25, 0.3) is 0 Å². The number of rotatable bonds is 3. The van der Waals surface area contributed by atoms with Crippen molar-refractivity contribution in [2.45, 2.75) is 37.5 Å². The van der Waals surface area contributed by atoms with Gasteiger partial charge in [0.05, 0.1) is 12.1 Å². The molecule has 3 heterocycles. The van der Waals surface area contributed by atoms with Crippen molar-refractivity contribution in [1.29, 1.82) is 0 Å². The fourth-order valence-electron chi connectivity index (χ4n) is 3.05. The van der Waals surface area contributed by atoms with Gasteiger partial charge in [0, 0.05) is 20.1 Å². The van der Waals surface area contributed by atoms with Crippen molar-refractivity contribution in [2.24, 2.45) is 0 Å². The first-order chi connectivity index (χ1) is 9.16. The second kappa shape index (κ2) is 4.97. The summed E-state index contributed by atoms with van der Waals surface area (Å²) in [5, 5.41) is 3.17. The molecule has 7 heteroatoms. The summed E-state index contributed by atoms with van der Waals surface area (Å²) in [6, 6.07) is -0.176. The molecule has 0 spiro atoms. The van der Waals surface area contributed by atoms with Crippen molar-refractivity contribution in [2.75, 3.05) is 26.7 Å². The van der Waals surface area contributed by atoms with E-state index in [0.717, 1.165) is 25.9 Å². The first kappa shape index (κ1) is 12.7. The van der Waals surface area contributed by atoms with Gasteiger partial charge in [-0.05, 0) is 25.8 Å². The Kier molecular flexibility index (Phi) is 3.32. The highest BCUT2D eigenvalue weighted by Crippen LogP contribution is 2.28. The molecule has 2 N–H and O–H groups in total. The van der Waals surface area contributed by atoms with E-state index in [1.807, 2.05) is 0 Å². The van der Waals surface area contributed by atoms with Gasteiger partial charge in [-0.15, -0.1) is 0 Å². The van der Waals surface area contributed by atoms with E-state index < -0.39 is 0 Å². The number of fused-ring (bicyclic) bond motifs is 2. The van der Waals surface area contributed by atoms with Gasteiger partial charge in [-0.2, -0.15) is 0 Å². The number of nitrogens with zero attached hydrogens (tertiary/aromatic N) is 2. The summed E-state index contributed by atoms with van der Waals surface area (Å²) >= 11 is 0. The van der Waals surface area contributed by atoms with Gasteiger partial charge < -0.3 is 15.1 Å². The van der Waals surface area contributed by atoms with Crippen molar-refractivity contribution < 1.29 is 14.4 Å². The molecule has 3 saturated heterocycles. The van der Waals surface area contributed by atoms with Crippen molar-refractivity contribution in [3.8, 4) is 0 Å². The van der Waals surface area contributed by atoms with Crippen LogP contribution in [0.1, 0.15) is 19.3 Å². The number of hydroxylamine groups is 1. The molecule has 0 unspecified atom stereocenters. The lowest BCUT2D eigenvalue weighted by Gasteiger charge is -2.29. The summed E-state index contributed by atoms with van der Waals surface area (Å²) in [6.45, 7) is 2.33. The zero-order chi connectivity index (χ0) is 13.4. The minimum atomic E-state index is -0.386. The normalized spacial score (nSPS) is 33.9. The quantitative estimate of drug-likeness (QED) is 0.664. The molecule has 0 radical (unpaired) electrons. The molecule has 19 heavy (non-hydrogen) atoms. The molecule has 3 aliphatic heterocycles. The number of likely N-dealkylation sites (N-methyl/N-ethyl adjacent to an activating group) is 1. The fraction of sp³-hybridized carbons (Fsp3) is 0.833. The lowest BCUT2D eigenvalue weighted by atomic mass is 10.0. The molecular formula is C12H20N4O3. The van der Waals surface area contributed by atoms with Crippen LogP contribution >= 0.6 is 0 Å². The molecule has 3 amide bonds. The largest absolute Gasteiger partial charge is 0.323 e. The van der Waals surface area contributed by atoms with Crippen LogP contribution in [-0.4, -0.2) is 66.6 Å². The number of urea groups is 1. The lowest BCUT2D eigenvalue weighted by Crippen LogP contribution is -2.50. The smallest absolute Gasteiger partial charge is 0.320 e. The van der Waals surface area contributed by atoms with Gasteiger partial charge in [-0.1, -0.05) is 0 Å². The Labute approximate surface area is 112 Å². The average Bonchev–Trinajstić information content (AvgIpc) is 3.01. The standard InChI is InChI=1S/C12H20N4O3/c1-15-8-2-3-10(16(7-8)12(15)18)11(17)14-19-9-4-5-13-6-9/h8-10,13H,2-7H2,1H3,(H,14,17)/t8-,9+,10+/m1/s1. The van der Waals surface area contributed by atoms with Gasteiger partial charge in [0.2, 0.25) is 0 Å². The molecule has 7 nitrogen and oxygen atoms in total. The third kappa shape index (κ3) is 2.28. The van der Waals surface area contributed by atoms with Crippen molar-refractivity contribution in [3.63, 3.8) is 0 Å². The third-order valence-corrected chi connectivity index (χ3v) is 4.30. The molecule has 106 valence electrons. The van der Waals surface area contributed by atoms with Crippen LogP contribution < -0.4 is 10.8 Å². The van der Waals surface area contributed by atoms with Crippen molar-refractivity contribution in [1.82, 2.24) is 20.6 Å². The van der Waals surface area contributed by atoms with Crippen LogP contribution in [0.5, 0.6) is 0 Å². The van der Waals surface area contributed by atoms with E-state index in [4.69, 9.17) is 4.84 Å². The maximum absolute atomic E-state index is 12.1. The van der Waals surface area contributed by atoms with Gasteiger partial charge in [-0.25, -0.2) is 10.3 Å². The second-order valence-electron chi connectivity index (χ2n) is 5.49. The van der Waals surface area contributed by atoms with E-state index in [0.29, 0.717) is 13.0 Å². The Bertz CT molecular complexity index is 383. The molecule has 3 aliphatic rings. The fourth-order valence-corrected chi connectivity index (χ4v) is 3.05. The van der Waals surface area contributed by atoms with E-state index in [1.165, 1.54) is 0 Å². The Morgan fingerprint density at radius 1 is 1.42 bits per heavy atom. The van der Waals surface area contributed by atoms with Gasteiger partial charge in [0.25, 0.3) is 5.91 Å². The first-order valence-corrected chi connectivity index (χ1v) is 6.86. The Morgan fingerprint density at radius 2 is 2.26 bits per heavy atom. The van der Waals surface area contributed by atoms with E-state index in [-0.39, 0.29) is 30.1 Å². The van der Waals surface area contributed by atoms with Crippen LogP contribution in [0.2, 0.25) is 0 Å². The van der Waals surface area contributed by atoms with Crippen LogP contribution in [0, 0.1) is 0 Å². The summed E-state index contributed by atoms with van der Waals surface area (Å²) in [4.78, 5) is 32.9. The van der Waals surface area contributed by atoms with Crippen LogP contribution in [0.4, 0.5) is 4.79 Å². The van der Waals surface area contributed by atoms with Gasteiger partial charge in [0.1, 0.15) is 6.04 Å². The predicted octanol–water partition coefficient (Wildman–Crippen LogP) is -0.705. The zero-order valence-electron chi connectivity index (χ0n) is 11.1.